The first-order chi connectivity index (χ1) is 9.42. The van der Waals surface area contributed by atoms with E-state index in [1.165, 1.54) is 0 Å². The van der Waals surface area contributed by atoms with Gasteiger partial charge in [0.05, 0.1) is 7.11 Å². The van der Waals surface area contributed by atoms with Gasteiger partial charge in [0.1, 0.15) is 23.6 Å². The van der Waals surface area contributed by atoms with E-state index in [2.05, 4.69) is 5.32 Å². The second-order valence-electron chi connectivity index (χ2n) is 5.43. The van der Waals surface area contributed by atoms with Crippen LogP contribution in [0.2, 0.25) is 0 Å². The Hall–Kier alpha value is -1.75. The average Bonchev–Trinajstić information content (AvgIpc) is 2.72. The monoisotopic (exact) mass is 279 g/mol. The van der Waals surface area contributed by atoms with Crippen LogP contribution >= 0.6 is 0 Å². The van der Waals surface area contributed by atoms with E-state index in [9.17, 15) is 9.90 Å². The number of nitrogens with one attached hydrogen (secondary N) is 1. The summed E-state index contributed by atoms with van der Waals surface area (Å²) in [5.74, 6) is 0.412. The standard InChI is InChI=1S/C15H21NO4/c1-8(2)16-14(15(17)18)11-7-12-10(5-9(3)20-12)6-13(11)19-4/h6-9,14,16H,5H2,1-4H3,(H,17,18). The summed E-state index contributed by atoms with van der Waals surface area (Å²) in [5, 5.41) is 12.5. The lowest BCUT2D eigenvalue weighted by molar-refractivity contribution is -0.139. The molecule has 0 bridgehead atoms. The molecule has 0 aromatic heterocycles. The molecule has 1 aliphatic heterocycles. The predicted molar refractivity (Wildman–Crippen MR) is 75.4 cm³/mol. The summed E-state index contributed by atoms with van der Waals surface area (Å²) >= 11 is 0. The van der Waals surface area contributed by atoms with Gasteiger partial charge in [0.2, 0.25) is 0 Å². The Morgan fingerprint density at radius 3 is 2.75 bits per heavy atom. The van der Waals surface area contributed by atoms with Gasteiger partial charge >= 0.3 is 5.97 Å². The Labute approximate surface area is 118 Å². The Kier molecular flexibility index (Phi) is 4.18. The predicted octanol–water partition coefficient (Wildman–Crippen LogP) is 2.14. The van der Waals surface area contributed by atoms with E-state index in [0.717, 1.165) is 17.7 Å². The molecular weight excluding hydrogens is 258 g/mol. The van der Waals surface area contributed by atoms with Crippen LogP contribution in [0, 0.1) is 0 Å². The molecule has 1 heterocycles. The zero-order chi connectivity index (χ0) is 14.9. The summed E-state index contributed by atoms with van der Waals surface area (Å²) < 4.78 is 11.1. The molecule has 1 aromatic rings. The van der Waals surface area contributed by atoms with Crippen molar-refractivity contribution < 1.29 is 19.4 Å². The molecule has 1 aromatic carbocycles. The molecule has 0 amide bonds. The molecule has 1 aliphatic rings. The third-order valence-electron chi connectivity index (χ3n) is 3.31. The van der Waals surface area contributed by atoms with E-state index in [1.54, 1.807) is 13.2 Å². The maximum Gasteiger partial charge on any atom is 0.325 e. The van der Waals surface area contributed by atoms with E-state index in [-0.39, 0.29) is 12.1 Å². The molecule has 0 aliphatic carbocycles. The van der Waals surface area contributed by atoms with E-state index >= 15 is 0 Å². The van der Waals surface area contributed by atoms with Gasteiger partial charge in [-0.3, -0.25) is 10.1 Å². The number of benzene rings is 1. The number of carboxylic acid groups (broad SMARTS) is 1. The third-order valence-corrected chi connectivity index (χ3v) is 3.31. The van der Waals surface area contributed by atoms with Gasteiger partial charge in [0.15, 0.2) is 0 Å². The Balaban J connectivity index is 2.43. The van der Waals surface area contributed by atoms with Crippen LogP contribution in [0.25, 0.3) is 0 Å². The lowest BCUT2D eigenvalue weighted by Crippen LogP contribution is -2.33. The van der Waals surface area contributed by atoms with Crippen LogP contribution in [-0.4, -0.2) is 30.3 Å². The molecule has 2 atom stereocenters. The highest BCUT2D eigenvalue weighted by atomic mass is 16.5. The molecule has 0 radical (unpaired) electrons. The van der Waals surface area contributed by atoms with Crippen LogP contribution in [0.4, 0.5) is 0 Å². The molecule has 5 heteroatoms. The van der Waals surface area contributed by atoms with Crippen LogP contribution in [0.5, 0.6) is 11.5 Å². The number of fused-ring (bicyclic) bond motifs is 1. The first-order valence-corrected chi connectivity index (χ1v) is 6.78. The van der Waals surface area contributed by atoms with E-state index < -0.39 is 12.0 Å². The Morgan fingerprint density at radius 1 is 1.50 bits per heavy atom. The number of hydrogen-bond acceptors (Lipinski definition) is 4. The fourth-order valence-corrected chi connectivity index (χ4v) is 2.48. The molecule has 0 saturated heterocycles. The van der Waals surface area contributed by atoms with Gasteiger partial charge in [0.25, 0.3) is 0 Å². The number of aliphatic carboxylic acids is 1. The summed E-state index contributed by atoms with van der Waals surface area (Å²) in [6, 6.07) is 2.90. The van der Waals surface area contributed by atoms with Crippen molar-refractivity contribution in [2.24, 2.45) is 0 Å². The minimum atomic E-state index is -0.928. The van der Waals surface area contributed by atoms with Crippen molar-refractivity contribution in [3.8, 4) is 11.5 Å². The molecule has 0 spiro atoms. The summed E-state index contributed by atoms with van der Waals surface area (Å²) in [7, 11) is 1.55. The van der Waals surface area contributed by atoms with Crippen LogP contribution in [0.3, 0.4) is 0 Å². The van der Waals surface area contributed by atoms with E-state index in [0.29, 0.717) is 11.3 Å². The quantitative estimate of drug-likeness (QED) is 0.864. The summed E-state index contributed by atoms with van der Waals surface area (Å²) in [4.78, 5) is 11.5. The van der Waals surface area contributed by atoms with Crippen LogP contribution < -0.4 is 14.8 Å². The molecule has 110 valence electrons. The van der Waals surface area contributed by atoms with Crippen LogP contribution in [-0.2, 0) is 11.2 Å². The highest BCUT2D eigenvalue weighted by Crippen LogP contribution is 2.37. The van der Waals surface area contributed by atoms with Gasteiger partial charge < -0.3 is 14.6 Å². The normalized spacial score (nSPS) is 18.6. The van der Waals surface area contributed by atoms with Gasteiger partial charge in [-0.15, -0.1) is 0 Å². The smallest absolute Gasteiger partial charge is 0.325 e. The summed E-state index contributed by atoms with van der Waals surface area (Å²) in [6.07, 6.45) is 0.938. The highest BCUT2D eigenvalue weighted by Gasteiger charge is 2.28. The minimum Gasteiger partial charge on any atom is -0.496 e. The van der Waals surface area contributed by atoms with Crippen molar-refractivity contribution in [3.63, 3.8) is 0 Å². The molecule has 2 rings (SSSR count). The maximum atomic E-state index is 11.5. The topological polar surface area (TPSA) is 67.8 Å². The van der Waals surface area contributed by atoms with Crippen molar-refractivity contribution in [3.05, 3.63) is 23.3 Å². The Morgan fingerprint density at radius 2 is 2.20 bits per heavy atom. The molecule has 2 N–H and O–H groups in total. The number of carboxylic acids is 1. The van der Waals surface area contributed by atoms with E-state index in [1.807, 2.05) is 26.8 Å². The first kappa shape index (κ1) is 14.7. The lowest BCUT2D eigenvalue weighted by atomic mass is 10.0. The van der Waals surface area contributed by atoms with Gasteiger partial charge in [-0.25, -0.2) is 0 Å². The van der Waals surface area contributed by atoms with Gasteiger partial charge in [-0.05, 0) is 32.9 Å². The van der Waals surface area contributed by atoms with Crippen molar-refractivity contribution in [2.75, 3.05) is 7.11 Å². The molecule has 2 unspecified atom stereocenters. The molecule has 20 heavy (non-hydrogen) atoms. The molecule has 0 saturated carbocycles. The van der Waals surface area contributed by atoms with Gasteiger partial charge in [-0.2, -0.15) is 0 Å². The second kappa shape index (κ2) is 5.71. The Bertz CT molecular complexity index is 513. The first-order valence-electron chi connectivity index (χ1n) is 6.78. The number of carbonyl (C=O) groups is 1. The van der Waals surface area contributed by atoms with E-state index in [4.69, 9.17) is 9.47 Å². The number of ether oxygens (including phenoxy) is 2. The average molecular weight is 279 g/mol. The number of methoxy groups -OCH3 is 1. The van der Waals surface area contributed by atoms with Crippen molar-refractivity contribution in [1.29, 1.82) is 0 Å². The number of rotatable bonds is 5. The molecule has 5 nitrogen and oxygen atoms in total. The fraction of sp³-hybridized carbons (Fsp3) is 0.533. The third kappa shape index (κ3) is 2.88. The number of hydrogen-bond donors (Lipinski definition) is 2. The van der Waals surface area contributed by atoms with Crippen LogP contribution in [0.1, 0.15) is 37.9 Å². The zero-order valence-electron chi connectivity index (χ0n) is 12.3. The highest BCUT2D eigenvalue weighted by molar-refractivity contribution is 5.77. The van der Waals surface area contributed by atoms with Crippen molar-refractivity contribution >= 4 is 5.97 Å². The summed E-state index contributed by atoms with van der Waals surface area (Å²) in [5.41, 5.74) is 1.66. The lowest BCUT2D eigenvalue weighted by Gasteiger charge is -2.20. The second-order valence-corrected chi connectivity index (χ2v) is 5.43. The van der Waals surface area contributed by atoms with Gasteiger partial charge in [0, 0.05) is 23.6 Å². The van der Waals surface area contributed by atoms with Crippen molar-refractivity contribution in [1.82, 2.24) is 5.32 Å². The van der Waals surface area contributed by atoms with Gasteiger partial charge in [-0.1, -0.05) is 0 Å². The minimum absolute atomic E-state index is 0.0499. The molecular formula is C15H21NO4. The zero-order valence-corrected chi connectivity index (χ0v) is 12.3. The van der Waals surface area contributed by atoms with Crippen molar-refractivity contribution in [2.45, 2.75) is 45.4 Å². The molecule has 0 fully saturated rings. The largest absolute Gasteiger partial charge is 0.496 e. The maximum absolute atomic E-state index is 11.5. The summed E-state index contributed by atoms with van der Waals surface area (Å²) in [6.45, 7) is 5.82. The van der Waals surface area contributed by atoms with Crippen LogP contribution in [0.15, 0.2) is 12.1 Å². The SMILES string of the molecule is COc1cc2c(cc1C(NC(C)C)C(=O)O)OC(C)C2. The fourth-order valence-electron chi connectivity index (χ4n) is 2.48.